The van der Waals surface area contributed by atoms with Gasteiger partial charge in [0.2, 0.25) is 0 Å². The van der Waals surface area contributed by atoms with Crippen LogP contribution in [0, 0.1) is 17.8 Å². The molecule has 3 rings (SSSR count). The molecule has 1 fully saturated rings. The van der Waals surface area contributed by atoms with Crippen LogP contribution in [0.25, 0.3) is 0 Å². The van der Waals surface area contributed by atoms with E-state index in [4.69, 9.17) is 4.74 Å². The normalized spacial score (nSPS) is 33.8. The lowest BCUT2D eigenvalue weighted by molar-refractivity contribution is 0.185. The second-order valence-electron chi connectivity index (χ2n) is 6.50. The number of rotatable bonds is 3. The monoisotopic (exact) mass is 259 g/mol. The van der Waals surface area contributed by atoms with Crippen molar-refractivity contribution in [3.05, 3.63) is 29.8 Å². The summed E-state index contributed by atoms with van der Waals surface area (Å²) in [5.74, 6) is 3.41. The molecule has 4 atom stereocenters. The number of para-hydroxylation sites is 1. The third-order valence-corrected chi connectivity index (χ3v) is 4.75. The van der Waals surface area contributed by atoms with E-state index in [0.717, 1.165) is 30.7 Å². The second kappa shape index (κ2) is 5.54. The third kappa shape index (κ3) is 2.79. The molecular formula is C17H25NO. The fourth-order valence-corrected chi connectivity index (χ4v) is 3.61. The predicted molar refractivity (Wildman–Crippen MR) is 78.3 cm³/mol. The van der Waals surface area contributed by atoms with Crippen LogP contribution in [0.1, 0.15) is 44.7 Å². The van der Waals surface area contributed by atoms with Crippen LogP contribution in [-0.4, -0.2) is 13.2 Å². The number of hydrogen-bond donors (Lipinski definition) is 1. The summed E-state index contributed by atoms with van der Waals surface area (Å²) in [6.07, 6.45) is 4.20. The summed E-state index contributed by atoms with van der Waals surface area (Å²) in [4.78, 5) is 0. The van der Waals surface area contributed by atoms with Gasteiger partial charge in [-0.1, -0.05) is 38.5 Å². The number of ether oxygens (including phenoxy) is 1. The summed E-state index contributed by atoms with van der Waals surface area (Å²) in [6, 6.07) is 8.94. The van der Waals surface area contributed by atoms with Gasteiger partial charge >= 0.3 is 0 Å². The molecule has 0 aromatic heterocycles. The van der Waals surface area contributed by atoms with Gasteiger partial charge in [-0.25, -0.2) is 0 Å². The minimum absolute atomic E-state index is 0.459. The zero-order valence-corrected chi connectivity index (χ0v) is 12.1. The standard InChI is InChI=1S/C17H25NO/c1-12-7-8-14(9-12)10-18-17-13(2)11-19-16-6-4-3-5-15(16)17/h3-6,12-14,17-18H,7-11H2,1-2H3. The van der Waals surface area contributed by atoms with E-state index in [1.165, 1.54) is 24.8 Å². The van der Waals surface area contributed by atoms with E-state index in [-0.39, 0.29) is 0 Å². The molecule has 0 amide bonds. The predicted octanol–water partition coefficient (Wildman–Crippen LogP) is 3.78. The Hall–Kier alpha value is -1.02. The maximum Gasteiger partial charge on any atom is 0.124 e. The van der Waals surface area contributed by atoms with E-state index in [1.54, 1.807) is 0 Å². The highest BCUT2D eigenvalue weighted by molar-refractivity contribution is 5.37. The maximum atomic E-state index is 5.81. The zero-order valence-electron chi connectivity index (χ0n) is 12.1. The Kier molecular flexibility index (Phi) is 3.79. The number of nitrogens with one attached hydrogen (secondary N) is 1. The van der Waals surface area contributed by atoms with Gasteiger partial charge in [-0.15, -0.1) is 0 Å². The van der Waals surface area contributed by atoms with Crippen LogP contribution in [0.3, 0.4) is 0 Å². The highest BCUT2D eigenvalue weighted by atomic mass is 16.5. The average Bonchev–Trinajstić information content (AvgIpc) is 2.83. The summed E-state index contributed by atoms with van der Waals surface area (Å²) in [5, 5.41) is 3.81. The van der Waals surface area contributed by atoms with Crippen molar-refractivity contribution in [1.29, 1.82) is 0 Å². The van der Waals surface area contributed by atoms with E-state index in [2.05, 4.69) is 43.4 Å². The molecule has 1 aromatic rings. The van der Waals surface area contributed by atoms with Gasteiger partial charge < -0.3 is 10.1 Å². The molecule has 2 nitrogen and oxygen atoms in total. The first-order valence-corrected chi connectivity index (χ1v) is 7.69. The molecule has 2 aliphatic rings. The van der Waals surface area contributed by atoms with Crippen LogP contribution in [0.5, 0.6) is 5.75 Å². The van der Waals surface area contributed by atoms with Crippen LogP contribution in [0.4, 0.5) is 0 Å². The lowest BCUT2D eigenvalue weighted by Gasteiger charge is -2.33. The Morgan fingerprint density at radius 3 is 2.84 bits per heavy atom. The van der Waals surface area contributed by atoms with Crippen molar-refractivity contribution < 1.29 is 4.74 Å². The summed E-state index contributed by atoms with van der Waals surface area (Å²) < 4.78 is 5.81. The average molecular weight is 259 g/mol. The minimum atomic E-state index is 0.459. The van der Waals surface area contributed by atoms with Gasteiger partial charge in [0.15, 0.2) is 0 Å². The van der Waals surface area contributed by atoms with Gasteiger partial charge in [0, 0.05) is 17.5 Å². The van der Waals surface area contributed by atoms with Crippen molar-refractivity contribution in [2.45, 2.75) is 39.2 Å². The first-order valence-electron chi connectivity index (χ1n) is 7.69. The molecule has 4 unspecified atom stereocenters. The van der Waals surface area contributed by atoms with Crippen LogP contribution < -0.4 is 10.1 Å². The van der Waals surface area contributed by atoms with E-state index in [1.807, 2.05) is 0 Å². The number of hydrogen-bond acceptors (Lipinski definition) is 2. The molecule has 1 aromatic carbocycles. The molecule has 1 saturated carbocycles. The highest BCUT2D eigenvalue weighted by Crippen LogP contribution is 2.36. The van der Waals surface area contributed by atoms with Gasteiger partial charge in [0.05, 0.1) is 6.61 Å². The molecule has 1 aliphatic carbocycles. The molecular weight excluding hydrogens is 234 g/mol. The second-order valence-corrected chi connectivity index (χ2v) is 6.50. The van der Waals surface area contributed by atoms with Crippen molar-refractivity contribution in [2.24, 2.45) is 17.8 Å². The van der Waals surface area contributed by atoms with E-state index in [0.29, 0.717) is 12.0 Å². The Balaban J connectivity index is 1.66. The lowest BCUT2D eigenvalue weighted by Crippen LogP contribution is -2.36. The van der Waals surface area contributed by atoms with Crippen LogP contribution in [0.15, 0.2) is 24.3 Å². The molecule has 0 saturated heterocycles. The van der Waals surface area contributed by atoms with E-state index in [9.17, 15) is 0 Å². The number of fused-ring (bicyclic) bond motifs is 1. The Morgan fingerprint density at radius 1 is 1.21 bits per heavy atom. The fourth-order valence-electron chi connectivity index (χ4n) is 3.61. The molecule has 19 heavy (non-hydrogen) atoms. The highest BCUT2D eigenvalue weighted by Gasteiger charge is 2.29. The van der Waals surface area contributed by atoms with Crippen molar-refractivity contribution in [3.63, 3.8) is 0 Å². The van der Waals surface area contributed by atoms with Crippen molar-refractivity contribution >= 4 is 0 Å². The molecule has 0 radical (unpaired) electrons. The Labute approximate surface area is 116 Å². The molecule has 1 heterocycles. The topological polar surface area (TPSA) is 21.3 Å². The van der Waals surface area contributed by atoms with Crippen molar-refractivity contribution in [2.75, 3.05) is 13.2 Å². The van der Waals surface area contributed by atoms with Gasteiger partial charge in [-0.05, 0) is 37.3 Å². The van der Waals surface area contributed by atoms with Gasteiger partial charge in [-0.3, -0.25) is 0 Å². The first kappa shape index (κ1) is 13.0. The molecule has 1 aliphatic heterocycles. The summed E-state index contributed by atoms with van der Waals surface area (Å²) in [6.45, 7) is 6.65. The fraction of sp³-hybridized carbons (Fsp3) is 0.647. The number of benzene rings is 1. The third-order valence-electron chi connectivity index (χ3n) is 4.75. The Morgan fingerprint density at radius 2 is 2.05 bits per heavy atom. The molecule has 1 N–H and O–H groups in total. The molecule has 0 spiro atoms. The summed E-state index contributed by atoms with van der Waals surface area (Å²) in [7, 11) is 0. The lowest BCUT2D eigenvalue weighted by atomic mass is 9.91. The zero-order chi connectivity index (χ0) is 13.2. The summed E-state index contributed by atoms with van der Waals surface area (Å²) in [5.41, 5.74) is 1.34. The first-order chi connectivity index (χ1) is 9.24. The van der Waals surface area contributed by atoms with Crippen LogP contribution in [-0.2, 0) is 0 Å². The van der Waals surface area contributed by atoms with Gasteiger partial charge in [0.1, 0.15) is 5.75 Å². The van der Waals surface area contributed by atoms with E-state index < -0.39 is 0 Å². The molecule has 2 heteroatoms. The van der Waals surface area contributed by atoms with Crippen molar-refractivity contribution in [1.82, 2.24) is 5.32 Å². The molecule has 104 valence electrons. The van der Waals surface area contributed by atoms with Crippen LogP contribution >= 0.6 is 0 Å². The molecule has 0 bridgehead atoms. The summed E-state index contributed by atoms with van der Waals surface area (Å²) >= 11 is 0. The largest absolute Gasteiger partial charge is 0.493 e. The van der Waals surface area contributed by atoms with E-state index >= 15 is 0 Å². The smallest absolute Gasteiger partial charge is 0.124 e. The van der Waals surface area contributed by atoms with Crippen LogP contribution in [0.2, 0.25) is 0 Å². The maximum absolute atomic E-state index is 5.81. The van der Waals surface area contributed by atoms with Crippen molar-refractivity contribution in [3.8, 4) is 5.75 Å². The minimum Gasteiger partial charge on any atom is -0.493 e. The van der Waals surface area contributed by atoms with Gasteiger partial charge in [0.25, 0.3) is 0 Å². The SMILES string of the molecule is CC1CCC(CNC2c3ccccc3OCC2C)C1. The Bertz CT molecular complexity index is 431. The quantitative estimate of drug-likeness (QED) is 0.892. The van der Waals surface area contributed by atoms with Gasteiger partial charge in [-0.2, -0.15) is 0 Å².